The lowest BCUT2D eigenvalue weighted by molar-refractivity contribution is -0.130. The second kappa shape index (κ2) is 8.91. The lowest BCUT2D eigenvalue weighted by atomic mass is 10.2. The molecule has 0 bridgehead atoms. The molecule has 2 aromatic rings. The number of hydrogen-bond acceptors (Lipinski definition) is 3. The average molecular weight is 331 g/mol. The Morgan fingerprint density at radius 2 is 1.67 bits per heavy atom. The van der Waals surface area contributed by atoms with Crippen LogP contribution in [0.5, 0.6) is 11.5 Å². The molecular weight excluding hydrogens is 309 g/mol. The van der Waals surface area contributed by atoms with E-state index in [0.29, 0.717) is 26.0 Å². The molecule has 0 saturated heterocycles. The third kappa shape index (κ3) is 5.57. The Morgan fingerprint density at radius 1 is 1.04 bits per heavy atom. The van der Waals surface area contributed by atoms with Crippen LogP contribution in [0, 0.1) is 5.82 Å². The lowest BCUT2D eigenvalue weighted by Gasteiger charge is -2.17. The molecule has 2 rings (SSSR count). The summed E-state index contributed by atoms with van der Waals surface area (Å²) in [6.45, 7) is 0.945. The molecule has 0 aromatic heterocycles. The molecule has 0 atom stereocenters. The highest BCUT2D eigenvalue weighted by molar-refractivity contribution is 5.75. The van der Waals surface area contributed by atoms with Gasteiger partial charge in [-0.1, -0.05) is 12.1 Å². The van der Waals surface area contributed by atoms with Crippen molar-refractivity contribution in [1.29, 1.82) is 0 Å². The summed E-state index contributed by atoms with van der Waals surface area (Å²) in [5.41, 5.74) is 0.904. The highest BCUT2D eigenvalue weighted by Crippen LogP contribution is 2.17. The van der Waals surface area contributed by atoms with Gasteiger partial charge in [-0.3, -0.25) is 4.79 Å². The van der Waals surface area contributed by atoms with Crippen molar-refractivity contribution < 1.29 is 18.7 Å². The SMILES string of the molecule is COc1ccc(OCCCC(=O)N(C)Cc2ccc(F)cc2)cc1. The summed E-state index contributed by atoms with van der Waals surface area (Å²) < 4.78 is 23.5. The van der Waals surface area contributed by atoms with Gasteiger partial charge < -0.3 is 14.4 Å². The van der Waals surface area contributed by atoms with Crippen molar-refractivity contribution >= 4 is 5.91 Å². The van der Waals surface area contributed by atoms with E-state index in [4.69, 9.17) is 9.47 Å². The van der Waals surface area contributed by atoms with E-state index >= 15 is 0 Å². The summed E-state index contributed by atoms with van der Waals surface area (Å²) >= 11 is 0. The Bertz CT molecular complexity index is 641. The van der Waals surface area contributed by atoms with Gasteiger partial charge in [0.05, 0.1) is 13.7 Å². The molecule has 0 aliphatic carbocycles. The number of benzene rings is 2. The fourth-order valence-electron chi connectivity index (χ4n) is 2.23. The topological polar surface area (TPSA) is 38.8 Å². The van der Waals surface area contributed by atoms with Crippen LogP contribution in [-0.4, -0.2) is 31.6 Å². The number of carbonyl (C=O) groups is 1. The predicted molar refractivity (Wildman–Crippen MR) is 90.6 cm³/mol. The Morgan fingerprint density at radius 3 is 2.29 bits per heavy atom. The molecule has 0 spiro atoms. The number of hydrogen-bond donors (Lipinski definition) is 0. The van der Waals surface area contributed by atoms with E-state index in [1.807, 2.05) is 24.3 Å². The Kier molecular flexibility index (Phi) is 6.61. The van der Waals surface area contributed by atoms with Crippen LogP contribution in [0.15, 0.2) is 48.5 Å². The van der Waals surface area contributed by atoms with Crippen LogP contribution < -0.4 is 9.47 Å². The lowest BCUT2D eigenvalue weighted by Crippen LogP contribution is -2.26. The maximum Gasteiger partial charge on any atom is 0.222 e. The van der Waals surface area contributed by atoms with Crippen LogP contribution in [0.3, 0.4) is 0 Å². The van der Waals surface area contributed by atoms with Gasteiger partial charge in [0.2, 0.25) is 5.91 Å². The van der Waals surface area contributed by atoms with Gasteiger partial charge in [-0.2, -0.15) is 0 Å². The summed E-state index contributed by atoms with van der Waals surface area (Å²) in [6, 6.07) is 13.5. The summed E-state index contributed by atoms with van der Waals surface area (Å²) in [5.74, 6) is 1.30. The fourth-order valence-corrected chi connectivity index (χ4v) is 2.23. The molecule has 4 nitrogen and oxygen atoms in total. The van der Waals surface area contributed by atoms with Gasteiger partial charge in [-0.25, -0.2) is 4.39 Å². The number of methoxy groups -OCH3 is 1. The van der Waals surface area contributed by atoms with Gasteiger partial charge in [0.15, 0.2) is 0 Å². The van der Waals surface area contributed by atoms with Crippen molar-refractivity contribution in [2.75, 3.05) is 20.8 Å². The largest absolute Gasteiger partial charge is 0.497 e. The molecule has 1 amide bonds. The zero-order valence-corrected chi connectivity index (χ0v) is 14.0. The van der Waals surface area contributed by atoms with Crippen LogP contribution in [0.4, 0.5) is 4.39 Å². The van der Waals surface area contributed by atoms with E-state index < -0.39 is 0 Å². The molecule has 0 heterocycles. The highest BCUT2D eigenvalue weighted by atomic mass is 19.1. The highest BCUT2D eigenvalue weighted by Gasteiger charge is 2.09. The second-order valence-corrected chi connectivity index (χ2v) is 5.50. The first kappa shape index (κ1) is 17.8. The number of carbonyl (C=O) groups excluding carboxylic acids is 1. The minimum Gasteiger partial charge on any atom is -0.497 e. The van der Waals surface area contributed by atoms with Crippen molar-refractivity contribution in [1.82, 2.24) is 4.90 Å². The monoisotopic (exact) mass is 331 g/mol. The van der Waals surface area contributed by atoms with Gasteiger partial charge in [0.1, 0.15) is 17.3 Å². The first-order chi connectivity index (χ1) is 11.6. The zero-order valence-electron chi connectivity index (χ0n) is 14.0. The van der Waals surface area contributed by atoms with E-state index in [9.17, 15) is 9.18 Å². The summed E-state index contributed by atoms with van der Waals surface area (Å²) in [4.78, 5) is 13.7. The molecule has 0 N–H and O–H groups in total. The first-order valence-electron chi connectivity index (χ1n) is 7.84. The molecule has 0 aliphatic rings. The number of nitrogens with zero attached hydrogens (tertiary/aromatic N) is 1. The van der Waals surface area contributed by atoms with E-state index in [-0.39, 0.29) is 11.7 Å². The average Bonchev–Trinajstić information content (AvgIpc) is 2.61. The van der Waals surface area contributed by atoms with Crippen molar-refractivity contribution in [2.45, 2.75) is 19.4 Å². The standard InChI is InChI=1S/C19H22FNO3/c1-21(14-15-5-7-16(20)8-6-15)19(22)4-3-13-24-18-11-9-17(23-2)10-12-18/h5-12H,3-4,13-14H2,1-2H3. The predicted octanol–water partition coefficient (Wildman–Crippen LogP) is 3.65. The van der Waals surface area contributed by atoms with Crippen molar-refractivity contribution in [3.63, 3.8) is 0 Å². The van der Waals surface area contributed by atoms with Crippen LogP contribution in [-0.2, 0) is 11.3 Å². The second-order valence-electron chi connectivity index (χ2n) is 5.50. The molecule has 0 saturated carbocycles. The van der Waals surface area contributed by atoms with Crippen LogP contribution in [0.2, 0.25) is 0 Å². The summed E-state index contributed by atoms with van der Waals surface area (Å²) in [6.07, 6.45) is 1.05. The molecule has 0 fully saturated rings. The van der Waals surface area contributed by atoms with Crippen LogP contribution >= 0.6 is 0 Å². The Labute approximate surface area is 141 Å². The number of halogens is 1. The Hall–Kier alpha value is -2.56. The molecular formula is C19H22FNO3. The number of amides is 1. The number of rotatable bonds is 8. The van der Waals surface area contributed by atoms with E-state index in [0.717, 1.165) is 17.1 Å². The van der Waals surface area contributed by atoms with Crippen LogP contribution in [0.25, 0.3) is 0 Å². The van der Waals surface area contributed by atoms with Gasteiger partial charge in [-0.15, -0.1) is 0 Å². The number of ether oxygens (including phenoxy) is 2. The molecule has 0 unspecified atom stereocenters. The molecule has 0 aliphatic heterocycles. The summed E-state index contributed by atoms with van der Waals surface area (Å²) in [7, 11) is 3.36. The maximum absolute atomic E-state index is 12.9. The van der Waals surface area contributed by atoms with Gasteiger partial charge in [0.25, 0.3) is 0 Å². The van der Waals surface area contributed by atoms with Crippen LogP contribution in [0.1, 0.15) is 18.4 Å². The molecule has 5 heteroatoms. The third-order valence-corrected chi connectivity index (χ3v) is 3.62. The quantitative estimate of drug-likeness (QED) is 0.693. The van der Waals surface area contributed by atoms with E-state index in [1.165, 1.54) is 12.1 Å². The normalized spacial score (nSPS) is 10.3. The Balaban J connectivity index is 1.69. The maximum atomic E-state index is 12.9. The molecule has 0 radical (unpaired) electrons. The van der Waals surface area contributed by atoms with Crippen molar-refractivity contribution in [3.8, 4) is 11.5 Å². The van der Waals surface area contributed by atoms with Gasteiger partial charge >= 0.3 is 0 Å². The van der Waals surface area contributed by atoms with E-state index in [2.05, 4.69) is 0 Å². The smallest absolute Gasteiger partial charge is 0.222 e. The van der Waals surface area contributed by atoms with E-state index in [1.54, 1.807) is 31.2 Å². The molecule has 24 heavy (non-hydrogen) atoms. The zero-order chi connectivity index (χ0) is 17.4. The van der Waals surface area contributed by atoms with Gasteiger partial charge in [0, 0.05) is 20.0 Å². The van der Waals surface area contributed by atoms with Crippen molar-refractivity contribution in [2.24, 2.45) is 0 Å². The third-order valence-electron chi connectivity index (χ3n) is 3.62. The fraction of sp³-hybridized carbons (Fsp3) is 0.316. The first-order valence-corrected chi connectivity index (χ1v) is 7.84. The minimum atomic E-state index is -0.275. The molecule has 128 valence electrons. The summed E-state index contributed by atoms with van der Waals surface area (Å²) in [5, 5.41) is 0. The molecule has 2 aromatic carbocycles. The van der Waals surface area contributed by atoms with Crippen molar-refractivity contribution in [3.05, 3.63) is 59.9 Å². The minimum absolute atomic E-state index is 0.0395. The van der Waals surface area contributed by atoms with Gasteiger partial charge in [-0.05, 0) is 48.4 Å².